The van der Waals surface area contributed by atoms with E-state index in [0.717, 1.165) is 24.2 Å². The van der Waals surface area contributed by atoms with Crippen molar-refractivity contribution in [1.82, 2.24) is 5.32 Å². The normalized spacial score (nSPS) is 11.1. The maximum atomic E-state index is 11.9. The summed E-state index contributed by atoms with van der Waals surface area (Å²) in [4.78, 5) is 11.9. The average molecular weight is 392 g/mol. The number of carbonyl (C=O) groups is 1. The van der Waals surface area contributed by atoms with E-state index in [9.17, 15) is 4.79 Å². The second-order valence-electron chi connectivity index (χ2n) is 6.20. The molecule has 1 amide bonds. The second kappa shape index (κ2) is 10.2. The van der Waals surface area contributed by atoms with Crippen LogP contribution in [0.15, 0.2) is 48.5 Å². The predicted octanol–water partition coefficient (Wildman–Crippen LogP) is 5.54. The average Bonchev–Trinajstić information content (AvgIpc) is 2.59. The van der Waals surface area contributed by atoms with Crippen molar-refractivity contribution in [3.05, 3.63) is 69.7 Å². The minimum atomic E-state index is -0.142. The van der Waals surface area contributed by atoms with Gasteiger partial charge in [-0.05, 0) is 68.2 Å². The molecule has 0 bridgehead atoms. The van der Waals surface area contributed by atoms with Gasteiger partial charge in [-0.15, -0.1) is 0 Å². The van der Waals surface area contributed by atoms with E-state index < -0.39 is 0 Å². The van der Waals surface area contributed by atoms with Crippen molar-refractivity contribution in [3.8, 4) is 5.75 Å². The number of aryl methyl sites for hydroxylation is 1. The molecular formula is C21H23Cl2NO2. The van der Waals surface area contributed by atoms with Crippen molar-refractivity contribution in [2.75, 3.05) is 6.54 Å². The minimum absolute atomic E-state index is 0.142. The smallest absolute Gasteiger partial charge is 0.244 e. The molecule has 0 fully saturated rings. The number of hydrogen-bond acceptors (Lipinski definition) is 2. The summed E-state index contributed by atoms with van der Waals surface area (Å²) >= 11 is 11.9. The molecule has 3 nitrogen and oxygen atoms in total. The lowest BCUT2D eigenvalue weighted by molar-refractivity contribution is -0.116. The molecule has 0 saturated carbocycles. The number of nitrogens with one attached hydrogen (secondary N) is 1. The first-order valence-electron chi connectivity index (χ1n) is 8.60. The SMILES string of the molecule is CC(C)Oc1ccc(CCCNC(=O)/C=C/c2ccc(Cl)cc2Cl)cc1. The highest BCUT2D eigenvalue weighted by molar-refractivity contribution is 6.35. The molecule has 2 rings (SSSR count). The van der Waals surface area contributed by atoms with E-state index in [1.165, 1.54) is 11.6 Å². The van der Waals surface area contributed by atoms with E-state index in [1.807, 2.05) is 26.0 Å². The van der Waals surface area contributed by atoms with Gasteiger partial charge < -0.3 is 10.1 Å². The van der Waals surface area contributed by atoms with Crippen LogP contribution < -0.4 is 10.1 Å². The van der Waals surface area contributed by atoms with Crippen molar-refractivity contribution in [1.29, 1.82) is 0 Å². The molecule has 0 atom stereocenters. The summed E-state index contributed by atoms with van der Waals surface area (Å²) < 4.78 is 5.62. The molecule has 0 spiro atoms. The Morgan fingerprint density at radius 3 is 2.54 bits per heavy atom. The lowest BCUT2D eigenvalue weighted by Crippen LogP contribution is -2.22. The van der Waals surface area contributed by atoms with Crippen LogP contribution in [0.3, 0.4) is 0 Å². The van der Waals surface area contributed by atoms with Crippen LogP contribution in [-0.4, -0.2) is 18.6 Å². The summed E-state index contributed by atoms with van der Waals surface area (Å²) in [5, 5.41) is 3.96. The van der Waals surface area contributed by atoms with E-state index in [2.05, 4.69) is 17.4 Å². The van der Waals surface area contributed by atoms with Gasteiger partial charge in [-0.1, -0.05) is 41.4 Å². The summed E-state index contributed by atoms with van der Waals surface area (Å²) in [6.07, 6.45) is 5.10. The van der Waals surface area contributed by atoms with E-state index in [0.29, 0.717) is 16.6 Å². The Morgan fingerprint density at radius 2 is 1.88 bits per heavy atom. The largest absolute Gasteiger partial charge is 0.491 e. The van der Waals surface area contributed by atoms with Crippen molar-refractivity contribution in [3.63, 3.8) is 0 Å². The van der Waals surface area contributed by atoms with Crippen LogP contribution >= 0.6 is 23.2 Å². The molecule has 0 saturated heterocycles. The van der Waals surface area contributed by atoms with Crippen molar-refractivity contribution >= 4 is 35.2 Å². The Bertz CT molecular complexity index is 755. The highest BCUT2D eigenvalue weighted by Gasteiger charge is 2.01. The fraction of sp³-hybridized carbons (Fsp3) is 0.286. The first-order valence-corrected chi connectivity index (χ1v) is 9.36. The molecular weight excluding hydrogens is 369 g/mol. The Labute approximate surface area is 165 Å². The molecule has 0 aliphatic carbocycles. The molecule has 138 valence electrons. The topological polar surface area (TPSA) is 38.3 Å². The zero-order valence-corrected chi connectivity index (χ0v) is 16.5. The predicted molar refractivity (Wildman–Crippen MR) is 109 cm³/mol. The summed E-state index contributed by atoms with van der Waals surface area (Å²) in [5.74, 6) is 0.736. The van der Waals surface area contributed by atoms with Crippen molar-refractivity contribution in [2.45, 2.75) is 32.8 Å². The second-order valence-corrected chi connectivity index (χ2v) is 7.05. The van der Waals surface area contributed by atoms with E-state index in [1.54, 1.807) is 24.3 Å². The highest BCUT2D eigenvalue weighted by Crippen LogP contribution is 2.21. The molecule has 5 heteroatoms. The van der Waals surface area contributed by atoms with Gasteiger partial charge in [-0.3, -0.25) is 4.79 Å². The molecule has 26 heavy (non-hydrogen) atoms. The van der Waals surface area contributed by atoms with Crippen LogP contribution in [0.4, 0.5) is 0 Å². The summed E-state index contributed by atoms with van der Waals surface area (Å²) in [6.45, 7) is 4.62. The van der Waals surface area contributed by atoms with Crippen LogP contribution in [0, 0.1) is 0 Å². The summed E-state index contributed by atoms with van der Waals surface area (Å²) in [5.41, 5.74) is 1.98. The van der Waals surface area contributed by atoms with Gasteiger partial charge in [0.25, 0.3) is 0 Å². The van der Waals surface area contributed by atoms with E-state index in [-0.39, 0.29) is 12.0 Å². The molecule has 1 N–H and O–H groups in total. The molecule has 0 unspecified atom stereocenters. The molecule has 2 aromatic rings. The summed E-state index contributed by atoms with van der Waals surface area (Å²) in [6, 6.07) is 13.2. The Hall–Kier alpha value is -1.97. The standard InChI is InChI=1S/C21H23Cl2NO2/c1-15(2)26-19-10-5-16(6-11-19)4-3-13-24-21(25)12-8-17-7-9-18(22)14-20(17)23/h5-12,14-15H,3-4,13H2,1-2H3,(H,24,25)/b12-8+. The number of halogens is 2. The third kappa shape index (κ3) is 7.11. The van der Waals surface area contributed by atoms with Gasteiger partial charge in [-0.25, -0.2) is 0 Å². The maximum Gasteiger partial charge on any atom is 0.244 e. The van der Waals surface area contributed by atoms with Gasteiger partial charge in [0.05, 0.1) is 6.10 Å². The molecule has 2 aromatic carbocycles. The number of ether oxygens (including phenoxy) is 1. The zero-order valence-electron chi connectivity index (χ0n) is 15.0. The van der Waals surface area contributed by atoms with Gasteiger partial charge in [0.15, 0.2) is 0 Å². The van der Waals surface area contributed by atoms with Gasteiger partial charge >= 0.3 is 0 Å². The number of rotatable bonds is 8. The van der Waals surface area contributed by atoms with E-state index in [4.69, 9.17) is 27.9 Å². The molecule has 0 aliphatic heterocycles. The van der Waals surface area contributed by atoms with Gasteiger partial charge in [-0.2, -0.15) is 0 Å². The van der Waals surface area contributed by atoms with Crippen molar-refractivity contribution < 1.29 is 9.53 Å². The van der Waals surface area contributed by atoms with Gasteiger partial charge in [0.1, 0.15) is 5.75 Å². The summed E-state index contributed by atoms with van der Waals surface area (Å²) in [7, 11) is 0. The van der Waals surface area contributed by atoms with Crippen LogP contribution in [-0.2, 0) is 11.2 Å². The molecule has 0 heterocycles. The van der Waals surface area contributed by atoms with Crippen molar-refractivity contribution in [2.24, 2.45) is 0 Å². The molecule has 0 radical (unpaired) electrons. The molecule has 0 aromatic heterocycles. The number of benzene rings is 2. The number of amides is 1. The van der Waals surface area contributed by atoms with Crippen LogP contribution in [0.2, 0.25) is 10.0 Å². The fourth-order valence-corrected chi connectivity index (χ4v) is 2.84. The fourth-order valence-electron chi connectivity index (χ4n) is 2.37. The highest BCUT2D eigenvalue weighted by atomic mass is 35.5. The van der Waals surface area contributed by atoms with Crippen LogP contribution in [0.1, 0.15) is 31.4 Å². The molecule has 0 aliphatic rings. The Balaban J connectivity index is 1.72. The minimum Gasteiger partial charge on any atom is -0.491 e. The van der Waals surface area contributed by atoms with Gasteiger partial charge in [0, 0.05) is 22.7 Å². The Kier molecular flexibility index (Phi) is 8.02. The zero-order chi connectivity index (χ0) is 18.9. The number of carbonyl (C=O) groups excluding carboxylic acids is 1. The lowest BCUT2D eigenvalue weighted by atomic mass is 10.1. The first-order chi connectivity index (χ1) is 12.4. The van der Waals surface area contributed by atoms with Crippen LogP contribution in [0.5, 0.6) is 5.75 Å². The van der Waals surface area contributed by atoms with Gasteiger partial charge in [0.2, 0.25) is 5.91 Å². The number of hydrogen-bond donors (Lipinski definition) is 1. The Morgan fingerprint density at radius 1 is 1.15 bits per heavy atom. The maximum absolute atomic E-state index is 11.9. The third-order valence-electron chi connectivity index (χ3n) is 3.61. The van der Waals surface area contributed by atoms with Crippen LogP contribution in [0.25, 0.3) is 6.08 Å². The van der Waals surface area contributed by atoms with E-state index >= 15 is 0 Å². The quantitative estimate of drug-likeness (QED) is 0.473. The third-order valence-corrected chi connectivity index (χ3v) is 4.18. The lowest BCUT2D eigenvalue weighted by Gasteiger charge is -2.10. The first kappa shape index (κ1) is 20.3. The monoisotopic (exact) mass is 391 g/mol.